The summed E-state index contributed by atoms with van der Waals surface area (Å²) >= 11 is 0. The van der Waals surface area contributed by atoms with E-state index in [0.717, 1.165) is 39.3 Å². The molecule has 2 aromatic rings. The lowest BCUT2D eigenvalue weighted by molar-refractivity contribution is -0.115. The molecule has 0 bridgehead atoms. The minimum absolute atomic E-state index is 0.220. The summed E-state index contributed by atoms with van der Waals surface area (Å²) in [6, 6.07) is 12.4. The van der Waals surface area contributed by atoms with E-state index in [0.29, 0.717) is 12.5 Å². The Kier molecular flexibility index (Phi) is 4.68. The highest BCUT2D eigenvalue weighted by atomic mass is 16.1. The summed E-state index contributed by atoms with van der Waals surface area (Å²) in [6.07, 6.45) is 0. The third-order valence-electron chi connectivity index (χ3n) is 4.73. The molecule has 0 saturated carbocycles. The van der Waals surface area contributed by atoms with Gasteiger partial charge in [-0.15, -0.1) is 0 Å². The van der Waals surface area contributed by atoms with Gasteiger partial charge in [-0.3, -0.25) is 9.69 Å². The predicted molar refractivity (Wildman–Crippen MR) is 109 cm³/mol. The average Bonchev–Trinajstić information content (AvgIpc) is 2.83. The van der Waals surface area contributed by atoms with E-state index in [-0.39, 0.29) is 5.91 Å². The van der Waals surface area contributed by atoms with Crippen LogP contribution in [0.4, 0.5) is 11.4 Å². The third kappa shape index (κ3) is 3.03. The first-order valence-corrected chi connectivity index (χ1v) is 8.78. The van der Waals surface area contributed by atoms with E-state index in [1.165, 1.54) is 6.92 Å². The van der Waals surface area contributed by atoms with Gasteiger partial charge in [-0.2, -0.15) is 4.99 Å². The summed E-state index contributed by atoms with van der Waals surface area (Å²) in [5, 5.41) is 0. The summed E-state index contributed by atoms with van der Waals surface area (Å²) in [5.74, 6) is 0.402. The van der Waals surface area contributed by atoms with Gasteiger partial charge in [0.25, 0.3) is 0 Å². The van der Waals surface area contributed by atoms with E-state index >= 15 is 0 Å². The molecule has 0 spiro atoms. The fourth-order valence-electron chi connectivity index (χ4n) is 3.66. The number of carbonyl (C=O) groups excluding carboxylic acids is 1. The van der Waals surface area contributed by atoms with Crippen molar-refractivity contribution in [2.45, 2.75) is 34.6 Å². The topological polar surface area (TPSA) is 35.9 Å². The molecule has 0 radical (unpaired) electrons. The molecule has 0 N–H and O–H groups in total. The number of anilines is 2. The normalized spacial score (nSPS) is 15.9. The lowest BCUT2D eigenvalue weighted by Gasteiger charge is -2.27. The van der Waals surface area contributed by atoms with Gasteiger partial charge in [0.15, 0.2) is 0 Å². The van der Waals surface area contributed by atoms with Crippen LogP contribution in [0.1, 0.15) is 29.2 Å². The van der Waals surface area contributed by atoms with Gasteiger partial charge in [0.2, 0.25) is 11.9 Å². The number of rotatable bonds is 2. The van der Waals surface area contributed by atoms with Crippen molar-refractivity contribution in [3.8, 4) is 0 Å². The highest BCUT2D eigenvalue weighted by Gasteiger charge is 2.35. The molecule has 0 aromatic heterocycles. The number of carbonyl (C=O) groups is 1. The molecule has 0 unspecified atom stereocenters. The van der Waals surface area contributed by atoms with Crippen molar-refractivity contribution in [1.29, 1.82) is 0 Å². The molecule has 1 amide bonds. The van der Waals surface area contributed by atoms with Gasteiger partial charge >= 0.3 is 0 Å². The molecule has 4 heteroatoms. The number of nitrogens with zero attached hydrogens (tertiary/aromatic N) is 3. The summed E-state index contributed by atoms with van der Waals surface area (Å²) in [6.45, 7) is 14.7. The molecule has 3 rings (SSSR count). The molecule has 26 heavy (non-hydrogen) atoms. The average molecular weight is 347 g/mol. The maximum Gasteiger partial charge on any atom is 0.245 e. The van der Waals surface area contributed by atoms with Gasteiger partial charge < -0.3 is 4.90 Å². The van der Waals surface area contributed by atoms with E-state index in [2.05, 4.69) is 68.4 Å². The van der Waals surface area contributed by atoms with Crippen LogP contribution < -0.4 is 9.80 Å². The summed E-state index contributed by atoms with van der Waals surface area (Å²) < 4.78 is 0. The summed E-state index contributed by atoms with van der Waals surface area (Å²) in [7, 11) is 0. The Morgan fingerprint density at radius 1 is 0.923 bits per heavy atom. The first-order chi connectivity index (χ1) is 12.3. The summed E-state index contributed by atoms with van der Waals surface area (Å²) in [5.41, 5.74) is 7.60. The Bertz CT molecular complexity index is 886. The van der Waals surface area contributed by atoms with Crippen LogP contribution in [0.2, 0.25) is 0 Å². The van der Waals surface area contributed by atoms with Crippen molar-refractivity contribution < 1.29 is 4.79 Å². The number of benzene rings is 2. The van der Waals surface area contributed by atoms with Gasteiger partial charge in [-0.05, 0) is 49.9 Å². The Hall–Kier alpha value is -2.88. The lowest BCUT2D eigenvalue weighted by Crippen LogP contribution is -2.35. The smallest absolute Gasteiger partial charge is 0.245 e. The van der Waals surface area contributed by atoms with Crippen LogP contribution in [0.15, 0.2) is 53.7 Å². The zero-order valence-corrected chi connectivity index (χ0v) is 16.1. The number of aliphatic imine (C=N–C) groups is 1. The Balaban J connectivity index is 2.22. The van der Waals surface area contributed by atoms with E-state index in [9.17, 15) is 4.79 Å². The molecule has 1 aliphatic heterocycles. The Morgan fingerprint density at radius 3 is 1.85 bits per heavy atom. The molecule has 0 aliphatic carbocycles. The first-order valence-electron chi connectivity index (χ1n) is 8.78. The third-order valence-corrected chi connectivity index (χ3v) is 4.73. The number of amides is 1. The minimum atomic E-state index is -0.220. The van der Waals surface area contributed by atoms with Crippen LogP contribution in [-0.2, 0) is 4.79 Å². The van der Waals surface area contributed by atoms with Crippen molar-refractivity contribution >= 4 is 23.2 Å². The van der Waals surface area contributed by atoms with Crippen molar-refractivity contribution in [1.82, 2.24) is 0 Å². The standard InChI is InChI=1S/C22H25N3O/c1-14-9-7-10-15(2)20(14)24-13-18(5)25(22(24)23-19(6)26)21-16(3)11-8-12-17(21)4/h7-12H,5,13H2,1-4,6H3. The highest BCUT2D eigenvalue weighted by Crippen LogP contribution is 2.36. The van der Waals surface area contributed by atoms with Crippen LogP contribution in [0, 0.1) is 27.7 Å². The molecule has 1 heterocycles. The maximum atomic E-state index is 11.9. The molecule has 2 aromatic carbocycles. The van der Waals surface area contributed by atoms with E-state index in [4.69, 9.17) is 0 Å². The van der Waals surface area contributed by atoms with Gasteiger partial charge in [-0.25, -0.2) is 0 Å². The van der Waals surface area contributed by atoms with Gasteiger partial charge in [0.05, 0.1) is 17.9 Å². The van der Waals surface area contributed by atoms with Crippen molar-refractivity contribution in [2.24, 2.45) is 4.99 Å². The van der Waals surface area contributed by atoms with E-state index < -0.39 is 0 Å². The van der Waals surface area contributed by atoms with Crippen LogP contribution in [-0.4, -0.2) is 18.4 Å². The number of aryl methyl sites for hydroxylation is 4. The fourth-order valence-corrected chi connectivity index (χ4v) is 3.66. The predicted octanol–water partition coefficient (Wildman–Crippen LogP) is 4.66. The van der Waals surface area contributed by atoms with Crippen LogP contribution in [0.25, 0.3) is 0 Å². The van der Waals surface area contributed by atoms with E-state index in [1.54, 1.807) is 0 Å². The molecular weight excluding hydrogens is 322 g/mol. The Morgan fingerprint density at radius 2 is 1.38 bits per heavy atom. The number of hydrogen-bond donors (Lipinski definition) is 0. The minimum Gasteiger partial charge on any atom is -0.305 e. The molecular formula is C22H25N3O. The van der Waals surface area contributed by atoms with Crippen LogP contribution in [0.5, 0.6) is 0 Å². The van der Waals surface area contributed by atoms with Crippen molar-refractivity contribution in [2.75, 3.05) is 16.3 Å². The quantitative estimate of drug-likeness (QED) is 0.792. The highest BCUT2D eigenvalue weighted by molar-refractivity contribution is 6.16. The van der Waals surface area contributed by atoms with Crippen LogP contribution in [0.3, 0.4) is 0 Å². The zero-order chi connectivity index (χ0) is 19.0. The SMILES string of the molecule is C=C1CN(c2c(C)cccc2C)C(=NC(C)=O)N1c1c(C)cccc1C. The van der Waals surface area contributed by atoms with Crippen molar-refractivity contribution in [3.05, 3.63) is 70.9 Å². The lowest BCUT2D eigenvalue weighted by atomic mass is 10.1. The van der Waals surface area contributed by atoms with Gasteiger partial charge in [-0.1, -0.05) is 43.0 Å². The monoisotopic (exact) mass is 347 g/mol. The molecule has 134 valence electrons. The number of para-hydroxylation sites is 2. The number of guanidine groups is 1. The van der Waals surface area contributed by atoms with Crippen molar-refractivity contribution in [3.63, 3.8) is 0 Å². The number of hydrogen-bond acceptors (Lipinski definition) is 1. The largest absolute Gasteiger partial charge is 0.305 e. The molecule has 1 fully saturated rings. The maximum absolute atomic E-state index is 11.9. The Labute approximate surface area is 155 Å². The first kappa shape index (κ1) is 17.9. The molecule has 1 saturated heterocycles. The zero-order valence-electron chi connectivity index (χ0n) is 16.1. The second-order valence-corrected chi connectivity index (χ2v) is 6.90. The fraction of sp³-hybridized carbons (Fsp3) is 0.273. The molecule has 4 nitrogen and oxygen atoms in total. The van der Waals surface area contributed by atoms with Gasteiger partial charge in [0.1, 0.15) is 0 Å². The molecule has 1 aliphatic rings. The molecule has 0 atom stereocenters. The van der Waals surface area contributed by atoms with Crippen LogP contribution >= 0.6 is 0 Å². The summed E-state index contributed by atoms with van der Waals surface area (Å²) in [4.78, 5) is 20.4. The second kappa shape index (κ2) is 6.79. The van der Waals surface area contributed by atoms with Gasteiger partial charge in [0, 0.05) is 12.6 Å². The van der Waals surface area contributed by atoms with E-state index in [1.807, 2.05) is 17.0 Å². The second-order valence-electron chi connectivity index (χ2n) is 6.90.